The molecule has 0 aliphatic rings. The van der Waals surface area contributed by atoms with E-state index in [4.69, 9.17) is 20.4 Å². The van der Waals surface area contributed by atoms with Gasteiger partial charge in [0.1, 0.15) is 12.4 Å². The van der Waals surface area contributed by atoms with Gasteiger partial charge in [0.05, 0.1) is 12.1 Å². The highest BCUT2D eigenvalue weighted by molar-refractivity contribution is 5.73. The zero-order valence-corrected chi connectivity index (χ0v) is 8.21. The first-order chi connectivity index (χ1) is 6.86. The molecule has 1 rings (SSSR count). The van der Waals surface area contributed by atoms with Crippen molar-refractivity contribution >= 4 is 5.97 Å². The van der Waals surface area contributed by atoms with E-state index in [9.17, 15) is 4.79 Å². The second-order valence-electron chi connectivity index (χ2n) is 2.74. The van der Waals surface area contributed by atoms with Crippen molar-refractivity contribution < 1.29 is 19.6 Å². The van der Waals surface area contributed by atoms with E-state index in [0.717, 1.165) is 0 Å². The minimum Gasteiger partial charge on any atom is -0.481 e. The lowest BCUT2D eigenvalue weighted by Crippen LogP contribution is -2.33. The Labute approximate surface area is 84.9 Å². The number of carboxylic acid groups (broad SMARTS) is 1. The number of rotatable bonds is 2. The average molecular weight is 217 g/mol. The van der Waals surface area contributed by atoms with Gasteiger partial charge < -0.3 is 20.4 Å². The molecule has 1 atom stereocenters. The summed E-state index contributed by atoms with van der Waals surface area (Å²) in [5.41, 5.74) is 0. The number of imidazole rings is 1. The molecule has 0 bridgehead atoms. The maximum atomic E-state index is 10.5. The summed E-state index contributed by atoms with van der Waals surface area (Å²) in [5.74, 6) is -0.587. The zero-order chi connectivity index (χ0) is 12.0. The Hall–Kier alpha value is -2.12. The number of aromatic nitrogens is 2. The largest absolute Gasteiger partial charge is 0.481 e. The number of aromatic amines is 1. The molecule has 8 heteroatoms. The number of hydrogen-bond acceptors (Lipinski definition) is 4. The maximum absolute atomic E-state index is 10.5. The molecule has 0 saturated carbocycles. The van der Waals surface area contributed by atoms with Crippen LogP contribution in [0.3, 0.4) is 0 Å². The highest BCUT2D eigenvalue weighted by Gasteiger charge is 2.22. The van der Waals surface area contributed by atoms with E-state index in [-0.39, 0.29) is 0 Å². The van der Waals surface area contributed by atoms with Gasteiger partial charge >= 0.3 is 5.97 Å². The van der Waals surface area contributed by atoms with Gasteiger partial charge in [0.25, 0.3) is 5.82 Å². The fourth-order valence-electron chi connectivity index (χ4n) is 0.964. The number of hydrogen-bond donors (Lipinski definition) is 2. The first kappa shape index (κ1) is 12.9. The van der Waals surface area contributed by atoms with Crippen molar-refractivity contribution in [2.75, 3.05) is 0 Å². The molecule has 2 N–H and O–H groups in total. The quantitative estimate of drug-likeness (QED) is 0.403. The van der Waals surface area contributed by atoms with Crippen molar-refractivity contribution in [3.63, 3.8) is 0 Å². The van der Waals surface area contributed by atoms with Gasteiger partial charge in [-0.3, -0.25) is 4.79 Å². The molecule has 0 aliphatic carbocycles. The lowest BCUT2D eigenvalue weighted by molar-refractivity contribution is -0.678. The van der Waals surface area contributed by atoms with Crippen molar-refractivity contribution in [2.24, 2.45) is 7.05 Å². The third-order valence-electron chi connectivity index (χ3n) is 1.69. The van der Waals surface area contributed by atoms with Crippen molar-refractivity contribution in [3.05, 3.63) is 33.5 Å². The second kappa shape index (κ2) is 5.58. The Morgan fingerprint density at radius 3 is 2.40 bits per heavy atom. The molecule has 0 amide bonds. The Bertz CT molecular complexity index is 344. The molecule has 8 nitrogen and oxygen atoms in total. The third kappa shape index (κ3) is 4.60. The number of carbonyl (C=O) groups is 1. The van der Waals surface area contributed by atoms with E-state index < -0.39 is 17.0 Å². The lowest BCUT2D eigenvalue weighted by Gasteiger charge is -1.98. The minimum atomic E-state index is -1.75. The van der Waals surface area contributed by atoms with Gasteiger partial charge in [-0.15, -0.1) is 0 Å². The van der Waals surface area contributed by atoms with Gasteiger partial charge in [-0.2, -0.15) is 0 Å². The van der Waals surface area contributed by atoms with Crippen LogP contribution in [0.15, 0.2) is 12.4 Å². The van der Waals surface area contributed by atoms with E-state index in [1.165, 1.54) is 0 Å². The van der Waals surface area contributed by atoms with E-state index in [1.807, 2.05) is 7.05 Å². The van der Waals surface area contributed by atoms with Crippen molar-refractivity contribution in [1.82, 2.24) is 4.98 Å². The van der Waals surface area contributed by atoms with Crippen LogP contribution in [0.5, 0.6) is 0 Å². The molecule has 0 spiro atoms. The smallest absolute Gasteiger partial charge is 0.318 e. The Balaban J connectivity index is 0.000000423. The topological polar surface area (TPSA) is 123 Å². The summed E-state index contributed by atoms with van der Waals surface area (Å²) in [6.45, 7) is 1.65. The summed E-state index contributed by atoms with van der Waals surface area (Å²) in [5, 5.41) is 23.4. The van der Waals surface area contributed by atoms with Crippen LogP contribution in [-0.2, 0) is 11.8 Å². The predicted molar refractivity (Wildman–Crippen MR) is 48.4 cm³/mol. The van der Waals surface area contributed by atoms with Crippen LogP contribution in [0.1, 0.15) is 18.7 Å². The summed E-state index contributed by atoms with van der Waals surface area (Å²) in [6.07, 6.45) is 3.50. The SMILES string of the molecule is CC(C(=O)O)c1[nH]cc[n+]1C.O=[N+]([O-])[O-]. The molecule has 0 radical (unpaired) electrons. The normalized spacial score (nSPS) is 11.1. The molecular weight excluding hydrogens is 206 g/mol. The van der Waals surface area contributed by atoms with Crippen LogP contribution >= 0.6 is 0 Å². The highest BCUT2D eigenvalue weighted by atomic mass is 16.9. The zero-order valence-electron chi connectivity index (χ0n) is 8.21. The Kier molecular flexibility index (Phi) is 4.79. The number of H-pyrrole nitrogens is 1. The standard InChI is InChI=1S/C7H10N2O2.NO3/c1-5(7(10)11)6-8-3-4-9(6)2;2-1(3)4/h3-5H,1-2H3,(H,10,11);/q;-1/p+1. The molecule has 1 heterocycles. The van der Waals surface area contributed by atoms with Gasteiger partial charge in [-0.25, -0.2) is 9.55 Å². The van der Waals surface area contributed by atoms with Gasteiger partial charge in [0, 0.05) is 0 Å². The molecule has 1 aromatic rings. The van der Waals surface area contributed by atoms with Crippen LogP contribution < -0.4 is 4.57 Å². The predicted octanol–water partition coefficient (Wildman–Crippen LogP) is -0.212. The molecule has 15 heavy (non-hydrogen) atoms. The first-order valence-corrected chi connectivity index (χ1v) is 3.93. The number of nitrogens with zero attached hydrogens (tertiary/aromatic N) is 2. The number of carboxylic acids is 1. The summed E-state index contributed by atoms with van der Waals surface area (Å²) in [7, 11) is 1.81. The summed E-state index contributed by atoms with van der Waals surface area (Å²) in [6, 6.07) is 0. The lowest BCUT2D eigenvalue weighted by atomic mass is 10.2. The molecule has 1 unspecified atom stereocenters. The fourth-order valence-corrected chi connectivity index (χ4v) is 0.964. The van der Waals surface area contributed by atoms with Crippen LogP contribution in [0.2, 0.25) is 0 Å². The van der Waals surface area contributed by atoms with E-state index in [0.29, 0.717) is 5.82 Å². The molecular formula is C7H11N3O5. The first-order valence-electron chi connectivity index (χ1n) is 3.93. The number of aliphatic carboxylic acids is 1. The number of nitrogens with one attached hydrogen (secondary N) is 1. The minimum absolute atomic E-state index is 0.477. The Morgan fingerprint density at radius 2 is 2.13 bits per heavy atom. The molecule has 0 aromatic carbocycles. The second-order valence-corrected chi connectivity index (χ2v) is 2.74. The van der Waals surface area contributed by atoms with Crippen molar-refractivity contribution in [3.8, 4) is 0 Å². The molecule has 0 fully saturated rings. The van der Waals surface area contributed by atoms with Crippen LogP contribution in [0.25, 0.3) is 0 Å². The van der Waals surface area contributed by atoms with Crippen LogP contribution in [-0.4, -0.2) is 21.1 Å². The monoisotopic (exact) mass is 217 g/mol. The van der Waals surface area contributed by atoms with Gasteiger partial charge in [0.15, 0.2) is 5.92 Å². The molecule has 0 aliphatic heterocycles. The van der Waals surface area contributed by atoms with Gasteiger partial charge in [0.2, 0.25) is 0 Å². The molecule has 1 aromatic heterocycles. The van der Waals surface area contributed by atoms with Crippen LogP contribution in [0.4, 0.5) is 0 Å². The Morgan fingerprint density at radius 1 is 1.67 bits per heavy atom. The van der Waals surface area contributed by atoms with E-state index in [2.05, 4.69) is 4.98 Å². The summed E-state index contributed by atoms with van der Waals surface area (Å²) in [4.78, 5) is 21.6. The molecule has 0 saturated heterocycles. The van der Waals surface area contributed by atoms with Gasteiger partial charge in [-0.05, 0) is 6.92 Å². The summed E-state index contributed by atoms with van der Waals surface area (Å²) >= 11 is 0. The highest BCUT2D eigenvalue weighted by Crippen LogP contribution is 2.06. The summed E-state index contributed by atoms with van der Waals surface area (Å²) < 4.78 is 1.76. The van der Waals surface area contributed by atoms with Crippen molar-refractivity contribution in [1.29, 1.82) is 0 Å². The third-order valence-corrected chi connectivity index (χ3v) is 1.69. The van der Waals surface area contributed by atoms with E-state index >= 15 is 0 Å². The van der Waals surface area contributed by atoms with Gasteiger partial charge in [-0.1, -0.05) is 0 Å². The fraction of sp³-hybridized carbons (Fsp3) is 0.429. The maximum Gasteiger partial charge on any atom is 0.318 e. The van der Waals surface area contributed by atoms with E-state index in [1.54, 1.807) is 23.9 Å². The number of aryl methyl sites for hydroxylation is 1. The molecule has 84 valence electrons. The van der Waals surface area contributed by atoms with Crippen LogP contribution in [0, 0.1) is 15.3 Å². The van der Waals surface area contributed by atoms with Crippen molar-refractivity contribution in [2.45, 2.75) is 12.8 Å². The average Bonchev–Trinajstić information content (AvgIpc) is 2.48.